The third kappa shape index (κ3) is 4.31. The zero-order valence-electron chi connectivity index (χ0n) is 26.1. The van der Waals surface area contributed by atoms with Crippen LogP contribution in [-0.2, 0) is 9.59 Å². The minimum Gasteiger partial charge on any atom is -0.340 e. The average Bonchev–Trinajstić information content (AvgIpc) is 3.46. The van der Waals surface area contributed by atoms with E-state index in [1.54, 1.807) is 22.2 Å². The van der Waals surface area contributed by atoms with E-state index in [9.17, 15) is 14.4 Å². The summed E-state index contributed by atoms with van der Waals surface area (Å²) in [4.78, 5) is 59.0. The Morgan fingerprint density at radius 3 is 2.65 bits per heavy atom. The van der Waals surface area contributed by atoms with E-state index in [4.69, 9.17) is 16.6 Å². The Morgan fingerprint density at radius 2 is 1.91 bits per heavy atom. The minimum atomic E-state index is -0.844. The Balaban J connectivity index is 1.62. The number of piperazine rings is 1. The van der Waals surface area contributed by atoms with Crippen LogP contribution in [0.2, 0.25) is 5.02 Å². The van der Waals surface area contributed by atoms with Crippen LogP contribution in [0.3, 0.4) is 0 Å². The molecule has 2 amide bonds. The monoisotopic (exact) mass is 637 g/mol. The highest BCUT2D eigenvalue weighted by molar-refractivity contribution is 6.39. The fourth-order valence-corrected chi connectivity index (χ4v) is 6.97. The number of aromatic amines is 1. The highest BCUT2D eigenvalue weighted by Gasteiger charge is 2.42. The number of halogens is 1. The summed E-state index contributed by atoms with van der Waals surface area (Å²) in [6, 6.07) is 4.56. The summed E-state index contributed by atoms with van der Waals surface area (Å²) in [5.41, 5.74) is 4.84. The van der Waals surface area contributed by atoms with E-state index in [2.05, 4.69) is 32.1 Å². The zero-order valence-corrected chi connectivity index (χ0v) is 26.8. The van der Waals surface area contributed by atoms with Gasteiger partial charge in [0, 0.05) is 29.7 Å². The van der Waals surface area contributed by atoms with Crippen molar-refractivity contribution in [2.45, 2.75) is 52.6 Å². The van der Waals surface area contributed by atoms with E-state index >= 15 is 0 Å². The summed E-state index contributed by atoms with van der Waals surface area (Å²) in [6.07, 6.45) is 4.66. The van der Waals surface area contributed by atoms with E-state index in [0.29, 0.717) is 33.7 Å². The lowest BCUT2D eigenvalue weighted by atomic mass is 9.99. The SMILES string of the molecule is C=CC(=O)N1CC2C(=O)Nc3c(Cl)c(-c4c(C)ccc5[nH]ncc45)nc4c3c(nc(=O)n4-c3c(C)ccnc3C(C)C)N2CC1C. The molecule has 46 heavy (non-hydrogen) atoms. The van der Waals surface area contributed by atoms with Crippen LogP contribution in [-0.4, -0.2) is 71.6 Å². The van der Waals surface area contributed by atoms with Crippen LogP contribution in [0.15, 0.2) is 48.0 Å². The molecule has 0 spiro atoms. The summed E-state index contributed by atoms with van der Waals surface area (Å²) < 4.78 is 1.48. The first kappa shape index (κ1) is 29.6. The molecule has 2 aliphatic heterocycles. The number of carbonyl (C=O) groups is 2. The lowest BCUT2D eigenvalue weighted by Crippen LogP contribution is -2.62. The molecule has 234 valence electrons. The average molecular weight is 638 g/mol. The number of aryl methyl sites for hydroxylation is 2. The number of pyridine rings is 2. The van der Waals surface area contributed by atoms with Crippen LogP contribution in [0.1, 0.15) is 43.5 Å². The van der Waals surface area contributed by atoms with E-state index in [1.807, 2.05) is 52.8 Å². The summed E-state index contributed by atoms with van der Waals surface area (Å²) in [5.74, 6) is -0.418. The number of rotatable bonds is 4. The highest BCUT2D eigenvalue weighted by Crippen LogP contribution is 2.46. The maximum absolute atomic E-state index is 14.3. The van der Waals surface area contributed by atoms with Crippen molar-refractivity contribution in [1.29, 1.82) is 0 Å². The number of nitrogens with one attached hydrogen (secondary N) is 2. The molecule has 12 nitrogen and oxygen atoms in total. The third-order valence-corrected chi connectivity index (χ3v) is 9.33. The smallest absolute Gasteiger partial charge is 0.340 e. The number of benzene rings is 1. The standard InChI is InChI=1S/C33H32ClN9O3/c1-7-22(44)41-14-21-32(45)38-28-24-30(42(21)13-18(41)6)39-33(46)43(29-17(5)10-11-35-26(29)15(2)3)31(24)37-27(25(28)34)23-16(4)8-9-20-19(23)12-36-40-20/h7-12,15,18,21H,1,13-14H2,2-6H3,(H,36,40)(H,38,45). The molecule has 2 aliphatic rings. The molecular weight excluding hydrogens is 606 g/mol. The van der Waals surface area contributed by atoms with Crippen LogP contribution < -0.4 is 15.9 Å². The van der Waals surface area contributed by atoms with Gasteiger partial charge in [0.1, 0.15) is 11.9 Å². The van der Waals surface area contributed by atoms with Gasteiger partial charge >= 0.3 is 5.69 Å². The first-order valence-electron chi connectivity index (χ1n) is 15.1. The van der Waals surface area contributed by atoms with Gasteiger partial charge in [-0.25, -0.2) is 14.3 Å². The molecule has 0 radical (unpaired) electrons. The predicted molar refractivity (Wildman–Crippen MR) is 178 cm³/mol. The number of H-pyrrole nitrogens is 1. The topological polar surface area (TPSA) is 142 Å². The molecule has 0 aliphatic carbocycles. The predicted octanol–water partition coefficient (Wildman–Crippen LogP) is 4.66. The molecule has 1 saturated heterocycles. The van der Waals surface area contributed by atoms with Crippen molar-refractivity contribution in [3.8, 4) is 16.9 Å². The van der Waals surface area contributed by atoms with E-state index < -0.39 is 11.7 Å². The lowest BCUT2D eigenvalue weighted by molar-refractivity contribution is -0.130. The summed E-state index contributed by atoms with van der Waals surface area (Å²) in [6.45, 7) is 13.7. The van der Waals surface area contributed by atoms with Gasteiger partial charge < -0.3 is 15.1 Å². The first-order valence-corrected chi connectivity index (χ1v) is 15.4. The maximum atomic E-state index is 14.3. The highest BCUT2D eigenvalue weighted by atomic mass is 35.5. The Hall–Kier alpha value is -5.10. The molecule has 1 fully saturated rings. The molecule has 1 aromatic carbocycles. The fraction of sp³-hybridized carbons (Fsp3) is 0.303. The van der Waals surface area contributed by atoms with Crippen LogP contribution >= 0.6 is 11.6 Å². The van der Waals surface area contributed by atoms with Crippen molar-refractivity contribution in [2.75, 3.05) is 23.3 Å². The van der Waals surface area contributed by atoms with Crippen molar-refractivity contribution in [2.24, 2.45) is 0 Å². The number of nitrogens with zero attached hydrogens (tertiary/aromatic N) is 7. The van der Waals surface area contributed by atoms with Gasteiger partial charge in [0.05, 0.1) is 51.4 Å². The number of amides is 2. The number of hydrogen-bond acceptors (Lipinski definition) is 8. The van der Waals surface area contributed by atoms with Crippen LogP contribution in [0.25, 0.3) is 38.9 Å². The molecule has 7 rings (SSSR count). The molecular formula is C33H32ClN9O3. The molecule has 6 heterocycles. The molecule has 4 aromatic heterocycles. The van der Waals surface area contributed by atoms with Crippen LogP contribution in [0.5, 0.6) is 0 Å². The molecule has 2 N–H and O–H groups in total. The van der Waals surface area contributed by atoms with Crippen LogP contribution in [0, 0.1) is 13.8 Å². The molecule has 0 bridgehead atoms. The number of hydrogen-bond donors (Lipinski definition) is 2. The minimum absolute atomic E-state index is 0.0271. The second-order valence-electron chi connectivity index (χ2n) is 12.2. The van der Waals surface area contributed by atoms with Gasteiger partial charge in [-0.2, -0.15) is 10.1 Å². The molecule has 2 unspecified atom stereocenters. The number of fused-ring (bicyclic) bond motifs is 3. The Kier molecular flexibility index (Phi) is 6.93. The van der Waals surface area contributed by atoms with Gasteiger partial charge in [-0.15, -0.1) is 0 Å². The van der Waals surface area contributed by atoms with Crippen molar-refractivity contribution in [1.82, 2.24) is 34.6 Å². The number of carbonyl (C=O) groups excluding carboxylic acids is 2. The number of aromatic nitrogens is 6. The number of anilines is 2. The Bertz CT molecular complexity index is 2190. The van der Waals surface area contributed by atoms with Crippen molar-refractivity contribution < 1.29 is 9.59 Å². The normalized spacial score (nSPS) is 17.8. The van der Waals surface area contributed by atoms with Gasteiger partial charge in [-0.3, -0.25) is 19.7 Å². The second kappa shape index (κ2) is 10.8. The van der Waals surface area contributed by atoms with Crippen molar-refractivity contribution >= 4 is 56.9 Å². The van der Waals surface area contributed by atoms with E-state index in [1.165, 1.54) is 10.6 Å². The summed E-state index contributed by atoms with van der Waals surface area (Å²) >= 11 is 7.25. The third-order valence-electron chi connectivity index (χ3n) is 8.96. The van der Waals surface area contributed by atoms with Crippen LogP contribution in [0.4, 0.5) is 11.5 Å². The quantitative estimate of drug-likeness (QED) is 0.271. The first-order chi connectivity index (χ1) is 22.0. The van der Waals surface area contributed by atoms with Gasteiger partial charge in [0.2, 0.25) is 11.8 Å². The van der Waals surface area contributed by atoms with E-state index in [0.717, 1.165) is 22.0 Å². The largest absolute Gasteiger partial charge is 0.355 e. The fourth-order valence-electron chi connectivity index (χ4n) is 6.69. The molecule has 2 atom stereocenters. The molecule has 13 heteroatoms. The Morgan fingerprint density at radius 1 is 1.13 bits per heavy atom. The summed E-state index contributed by atoms with van der Waals surface area (Å²) in [7, 11) is 0. The van der Waals surface area contributed by atoms with Gasteiger partial charge in [0.25, 0.3) is 0 Å². The second-order valence-corrected chi connectivity index (χ2v) is 12.6. The Labute approximate surface area is 269 Å². The summed E-state index contributed by atoms with van der Waals surface area (Å²) in [5, 5.41) is 11.7. The molecule has 5 aromatic rings. The van der Waals surface area contributed by atoms with E-state index in [-0.39, 0.29) is 53.4 Å². The van der Waals surface area contributed by atoms with Crippen molar-refractivity contribution in [3.63, 3.8) is 0 Å². The lowest BCUT2D eigenvalue weighted by Gasteiger charge is -2.44. The zero-order chi connectivity index (χ0) is 32.6. The maximum Gasteiger partial charge on any atom is 0.355 e. The molecule has 0 saturated carbocycles. The van der Waals surface area contributed by atoms with Gasteiger partial charge in [-0.05, 0) is 56.0 Å². The van der Waals surface area contributed by atoms with Gasteiger partial charge in [-0.1, -0.05) is 38.1 Å². The van der Waals surface area contributed by atoms with Crippen molar-refractivity contribution in [3.05, 3.63) is 75.6 Å². The van der Waals surface area contributed by atoms with Gasteiger partial charge in [0.15, 0.2) is 5.65 Å².